The van der Waals surface area contributed by atoms with Gasteiger partial charge in [-0.2, -0.15) is 0 Å². The van der Waals surface area contributed by atoms with Gasteiger partial charge < -0.3 is 30.7 Å². The number of nitrogens with one attached hydrogen (secondary N) is 3. The van der Waals surface area contributed by atoms with E-state index in [1.165, 1.54) is 0 Å². The van der Waals surface area contributed by atoms with E-state index in [2.05, 4.69) is 27.9 Å². The number of urea groups is 1. The van der Waals surface area contributed by atoms with Gasteiger partial charge in [0.15, 0.2) is 0 Å². The van der Waals surface area contributed by atoms with Gasteiger partial charge in [0.25, 0.3) is 0 Å². The Bertz CT molecular complexity index is 359. The highest BCUT2D eigenvalue weighted by Gasteiger charge is 2.37. The van der Waals surface area contributed by atoms with Gasteiger partial charge in [-0.05, 0) is 46.8 Å². The van der Waals surface area contributed by atoms with Crippen LogP contribution in [-0.2, 0) is 4.74 Å². The van der Waals surface area contributed by atoms with Crippen molar-refractivity contribution >= 4 is 6.03 Å². The molecular weight excluding hydrogens is 284 g/mol. The molecule has 2 fully saturated rings. The summed E-state index contributed by atoms with van der Waals surface area (Å²) in [5.41, 5.74) is 0. The average Bonchev–Trinajstić information content (AvgIpc) is 2.79. The third-order valence-electron chi connectivity index (χ3n) is 4.33. The average molecular weight is 314 g/mol. The van der Waals surface area contributed by atoms with E-state index in [4.69, 9.17) is 4.74 Å². The van der Waals surface area contributed by atoms with Crippen LogP contribution in [0.3, 0.4) is 0 Å². The molecule has 7 heteroatoms. The van der Waals surface area contributed by atoms with Gasteiger partial charge in [0, 0.05) is 18.6 Å². The van der Waals surface area contributed by atoms with Crippen molar-refractivity contribution in [1.82, 2.24) is 20.9 Å². The molecule has 0 spiro atoms. The summed E-state index contributed by atoms with van der Waals surface area (Å²) in [6.07, 6.45) is 1.26. The molecule has 2 saturated heterocycles. The quantitative estimate of drug-likeness (QED) is 0.550. The maximum atomic E-state index is 11.6. The van der Waals surface area contributed by atoms with Gasteiger partial charge in [-0.25, -0.2) is 4.79 Å². The van der Waals surface area contributed by atoms with Crippen LogP contribution in [-0.4, -0.2) is 79.7 Å². The number of hydrogen-bond donors (Lipinski definition) is 4. The zero-order chi connectivity index (χ0) is 16.1. The lowest BCUT2D eigenvalue weighted by Gasteiger charge is -2.32. The predicted octanol–water partition coefficient (Wildman–Crippen LogP) is -0.494. The molecule has 128 valence electrons. The second-order valence-electron chi connectivity index (χ2n) is 6.72. The zero-order valence-electron chi connectivity index (χ0n) is 13.8. The van der Waals surface area contributed by atoms with Crippen molar-refractivity contribution in [2.24, 2.45) is 0 Å². The topological polar surface area (TPSA) is 85.9 Å². The molecule has 2 aliphatic heterocycles. The fourth-order valence-corrected chi connectivity index (χ4v) is 2.99. The lowest BCUT2D eigenvalue weighted by Crippen LogP contribution is -2.51. The lowest BCUT2D eigenvalue weighted by atomic mass is 10.0. The van der Waals surface area contributed by atoms with Crippen LogP contribution in [0.2, 0.25) is 0 Å². The molecule has 0 radical (unpaired) electrons. The van der Waals surface area contributed by atoms with Crippen LogP contribution in [0.15, 0.2) is 0 Å². The molecule has 0 saturated carbocycles. The molecule has 0 unspecified atom stereocenters. The van der Waals surface area contributed by atoms with Gasteiger partial charge in [0.05, 0.1) is 18.8 Å². The summed E-state index contributed by atoms with van der Waals surface area (Å²) in [6, 6.07) is 0.259. The molecule has 0 aromatic rings. The number of aliphatic hydroxyl groups excluding tert-OH is 1. The summed E-state index contributed by atoms with van der Waals surface area (Å²) in [4.78, 5) is 13.9. The van der Waals surface area contributed by atoms with Crippen LogP contribution in [0.4, 0.5) is 4.79 Å². The second kappa shape index (κ2) is 8.10. The molecule has 7 nitrogen and oxygen atoms in total. The van der Waals surface area contributed by atoms with Crippen LogP contribution in [0, 0.1) is 0 Å². The Morgan fingerprint density at radius 2 is 2.05 bits per heavy atom. The largest absolute Gasteiger partial charge is 0.389 e. The van der Waals surface area contributed by atoms with E-state index in [9.17, 15) is 9.90 Å². The Balaban J connectivity index is 1.70. The molecular formula is C15H30N4O3. The maximum Gasteiger partial charge on any atom is 0.315 e. The van der Waals surface area contributed by atoms with E-state index in [-0.39, 0.29) is 24.2 Å². The molecule has 4 N–H and O–H groups in total. The van der Waals surface area contributed by atoms with E-state index in [0.717, 1.165) is 25.9 Å². The van der Waals surface area contributed by atoms with Crippen LogP contribution >= 0.6 is 0 Å². The third-order valence-corrected chi connectivity index (χ3v) is 4.33. The molecule has 0 aromatic carbocycles. The first-order valence-corrected chi connectivity index (χ1v) is 8.24. The van der Waals surface area contributed by atoms with Gasteiger partial charge in [0.2, 0.25) is 0 Å². The van der Waals surface area contributed by atoms with Crippen molar-refractivity contribution < 1.29 is 14.6 Å². The third kappa shape index (κ3) is 5.08. The molecule has 22 heavy (non-hydrogen) atoms. The highest BCUT2D eigenvalue weighted by molar-refractivity contribution is 5.74. The van der Waals surface area contributed by atoms with Gasteiger partial charge in [-0.1, -0.05) is 0 Å². The summed E-state index contributed by atoms with van der Waals surface area (Å²) in [5, 5.41) is 19.4. The lowest BCUT2D eigenvalue weighted by molar-refractivity contribution is 0.0419. The summed E-state index contributed by atoms with van der Waals surface area (Å²) in [5.74, 6) is 0. The molecule has 2 aliphatic rings. The Morgan fingerprint density at radius 1 is 1.36 bits per heavy atom. The van der Waals surface area contributed by atoms with Crippen molar-refractivity contribution in [1.29, 1.82) is 0 Å². The molecule has 3 atom stereocenters. The van der Waals surface area contributed by atoms with Crippen molar-refractivity contribution in [3.05, 3.63) is 0 Å². The minimum absolute atomic E-state index is 0.0478. The van der Waals surface area contributed by atoms with Crippen LogP contribution < -0.4 is 16.0 Å². The minimum Gasteiger partial charge on any atom is -0.389 e. The van der Waals surface area contributed by atoms with Crippen molar-refractivity contribution in [2.75, 3.05) is 33.3 Å². The number of amides is 2. The smallest absolute Gasteiger partial charge is 0.315 e. The van der Waals surface area contributed by atoms with Gasteiger partial charge in [-0.15, -0.1) is 0 Å². The summed E-state index contributed by atoms with van der Waals surface area (Å²) < 4.78 is 5.63. The molecule has 2 rings (SSSR count). The number of carbonyl (C=O) groups is 1. The minimum atomic E-state index is -0.584. The van der Waals surface area contributed by atoms with E-state index in [1.54, 1.807) is 0 Å². The number of carbonyl (C=O) groups excluding carboxylic acids is 1. The van der Waals surface area contributed by atoms with E-state index < -0.39 is 6.10 Å². The molecule has 0 aromatic heterocycles. The van der Waals surface area contributed by atoms with Crippen LogP contribution in [0.5, 0.6) is 0 Å². The normalized spacial score (nSPS) is 30.7. The Hall–Kier alpha value is -0.890. The summed E-state index contributed by atoms with van der Waals surface area (Å²) in [7, 11) is 2.13. The summed E-state index contributed by atoms with van der Waals surface area (Å²) >= 11 is 0. The monoisotopic (exact) mass is 314 g/mol. The molecule has 2 amide bonds. The van der Waals surface area contributed by atoms with Crippen LogP contribution in [0.25, 0.3) is 0 Å². The van der Waals surface area contributed by atoms with E-state index in [0.29, 0.717) is 19.2 Å². The first-order chi connectivity index (χ1) is 10.5. The Morgan fingerprint density at radius 3 is 2.68 bits per heavy atom. The molecule has 0 bridgehead atoms. The summed E-state index contributed by atoms with van der Waals surface area (Å²) in [6.45, 7) is 6.80. The van der Waals surface area contributed by atoms with Crippen molar-refractivity contribution in [3.63, 3.8) is 0 Å². The van der Waals surface area contributed by atoms with Gasteiger partial charge >= 0.3 is 6.03 Å². The van der Waals surface area contributed by atoms with E-state index in [1.807, 2.05) is 13.8 Å². The standard InChI is InChI=1S/C15H30N4O3/c1-10(2)17-15(21)16-8-13-14(20)12(9-22-13)18-11-4-6-19(3)7-5-11/h10-14,18,20H,4-9H2,1-3H3,(H2,16,17,21)/t12-,13-,14+/m1/s1. The SMILES string of the molecule is CC(C)NC(=O)NC[C@H]1OC[C@@H](NC2CCN(C)CC2)[C@@H]1O. The predicted molar refractivity (Wildman–Crippen MR) is 84.9 cm³/mol. The Kier molecular flexibility index (Phi) is 6.43. The van der Waals surface area contributed by atoms with Crippen LogP contribution in [0.1, 0.15) is 26.7 Å². The second-order valence-corrected chi connectivity index (χ2v) is 6.72. The molecule has 2 heterocycles. The van der Waals surface area contributed by atoms with Crippen molar-refractivity contribution in [2.45, 2.75) is 57.0 Å². The molecule has 0 aliphatic carbocycles. The first-order valence-electron chi connectivity index (χ1n) is 8.24. The highest BCUT2D eigenvalue weighted by Crippen LogP contribution is 2.17. The fraction of sp³-hybridized carbons (Fsp3) is 0.933. The van der Waals surface area contributed by atoms with Gasteiger partial charge in [0.1, 0.15) is 6.10 Å². The number of hydrogen-bond acceptors (Lipinski definition) is 5. The Labute approximate surface area is 132 Å². The van der Waals surface area contributed by atoms with E-state index >= 15 is 0 Å². The number of rotatable bonds is 5. The maximum absolute atomic E-state index is 11.6. The highest BCUT2D eigenvalue weighted by atomic mass is 16.5. The van der Waals surface area contributed by atoms with Gasteiger partial charge in [-0.3, -0.25) is 0 Å². The first kappa shape index (κ1) is 17.5. The number of piperidine rings is 1. The zero-order valence-corrected chi connectivity index (χ0v) is 13.8. The number of likely N-dealkylation sites (tertiary alicyclic amines) is 1. The van der Waals surface area contributed by atoms with Crippen molar-refractivity contribution in [3.8, 4) is 0 Å². The number of ether oxygens (including phenoxy) is 1. The number of nitrogens with zero attached hydrogens (tertiary/aromatic N) is 1. The number of aliphatic hydroxyl groups is 1. The fourth-order valence-electron chi connectivity index (χ4n) is 2.99.